The summed E-state index contributed by atoms with van der Waals surface area (Å²) in [6, 6.07) is 10.9. The number of nitrogens with zero attached hydrogens (tertiary/aromatic N) is 1. The molecule has 1 saturated carbocycles. The van der Waals surface area contributed by atoms with Gasteiger partial charge in [0.05, 0.1) is 24.9 Å². The molecule has 3 fully saturated rings. The zero-order chi connectivity index (χ0) is 18.0. The lowest BCUT2D eigenvalue weighted by Crippen LogP contribution is -2.53. The molecular formula is C22H33NO3. The Balaban J connectivity index is 1.32. The molecule has 3 unspecified atom stereocenters. The topological polar surface area (TPSA) is 30.9 Å². The number of hydrogen-bond donors (Lipinski definition) is 0. The third-order valence-electron chi connectivity index (χ3n) is 6.16. The second-order valence-electron chi connectivity index (χ2n) is 8.45. The molecule has 0 aromatic heterocycles. The lowest BCUT2D eigenvalue weighted by molar-refractivity contribution is -0.308. The molecule has 4 heteroatoms. The molecule has 2 heterocycles. The molecule has 2 aliphatic heterocycles. The van der Waals surface area contributed by atoms with Crippen molar-refractivity contribution < 1.29 is 14.2 Å². The summed E-state index contributed by atoms with van der Waals surface area (Å²) in [7, 11) is 0. The van der Waals surface area contributed by atoms with E-state index in [1.54, 1.807) is 0 Å². The van der Waals surface area contributed by atoms with Crippen molar-refractivity contribution >= 4 is 0 Å². The van der Waals surface area contributed by atoms with E-state index in [1.165, 1.54) is 5.56 Å². The number of morpholine rings is 1. The van der Waals surface area contributed by atoms with Gasteiger partial charge in [0.1, 0.15) is 0 Å². The van der Waals surface area contributed by atoms with Gasteiger partial charge in [-0.1, -0.05) is 30.3 Å². The van der Waals surface area contributed by atoms with Crippen molar-refractivity contribution in [1.82, 2.24) is 4.90 Å². The van der Waals surface area contributed by atoms with Crippen LogP contribution in [0.4, 0.5) is 0 Å². The molecule has 26 heavy (non-hydrogen) atoms. The van der Waals surface area contributed by atoms with Gasteiger partial charge in [-0.3, -0.25) is 4.90 Å². The first-order chi connectivity index (χ1) is 12.6. The second kappa shape index (κ2) is 7.97. The van der Waals surface area contributed by atoms with Gasteiger partial charge in [-0.05, 0) is 44.6 Å². The van der Waals surface area contributed by atoms with Gasteiger partial charge in [0.2, 0.25) is 0 Å². The van der Waals surface area contributed by atoms with Gasteiger partial charge in [-0.25, -0.2) is 0 Å². The Bertz CT molecular complexity index is 560. The van der Waals surface area contributed by atoms with Crippen molar-refractivity contribution in [2.75, 3.05) is 26.2 Å². The molecule has 4 nitrogen and oxygen atoms in total. The highest BCUT2D eigenvalue weighted by Crippen LogP contribution is 2.43. The molecule has 1 spiro atoms. The summed E-state index contributed by atoms with van der Waals surface area (Å²) < 4.78 is 18.6. The van der Waals surface area contributed by atoms with Gasteiger partial charge in [0, 0.05) is 32.5 Å². The number of rotatable bonds is 3. The largest absolute Gasteiger partial charge is 0.373 e. The van der Waals surface area contributed by atoms with Crippen molar-refractivity contribution in [3.05, 3.63) is 35.9 Å². The van der Waals surface area contributed by atoms with E-state index in [4.69, 9.17) is 14.2 Å². The smallest absolute Gasteiger partial charge is 0.168 e. The van der Waals surface area contributed by atoms with Gasteiger partial charge >= 0.3 is 0 Å². The second-order valence-corrected chi connectivity index (χ2v) is 8.45. The number of benzene rings is 1. The minimum atomic E-state index is -0.336. The lowest BCUT2D eigenvalue weighted by atomic mass is 9.80. The van der Waals surface area contributed by atoms with E-state index in [0.717, 1.165) is 58.3 Å². The highest BCUT2D eigenvalue weighted by Gasteiger charge is 2.42. The Hall–Kier alpha value is -0.940. The van der Waals surface area contributed by atoms with Gasteiger partial charge < -0.3 is 14.2 Å². The highest BCUT2D eigenvalue weighted by molar-refractivity contribution is 5.20. The van der Waals surface area contributed by atoms with Crippen LogP contribution in [0.15, 0.2) is 30.3 Å². The van der Waals surface area contributed by atoms with Crippen molar-refractivity contribution in [1.29, 1.82) is 0 Å². The summed E-state index contributed by atoms with van der Waals surface area (Å²) in [5.74, 6) is 0.313. The number of ether oxygens (including phenoxy) is 3. The normalized spacial score (nSPS) is 39.2. The van der Waals surface area contributed by atoms with Crippen LogP contribution in [0.25, 0.3) is 0 Å². The maximum Gasteiger partial charge on any atom is 0.168 e. The Morgan fingerprint density at radius 1 is 1.00 bits per heavy atom. The van der Waals surface area contributed by atoms with Crippen molar-refractivity contribution in [2.24, 2.45) is 0 Å². The van der Waals surface area contributed by atoms with Gasteiger partial charge in [0.25, 0.3) is 0 Å². The maximum atomic E-state index is 6.57. The minimum absolute atomic E-state index is 0.287. The van der Waals surface area contributed by atoms with E-state index in [9.17, 15) is 0 Å². The summed E-state index contributed by atoms with van der Waals surface area (Å²) in [5.41, 5.74) is 1.46. The van der Waals surface area contributed by atoms with Crippen LogP contribution in [0, 0.1) is 0 Å². The fraction of sp³-hybridized carbons (Fsp3) is 0.727. The van der Waals surface area contributed by atoms with E-state index in [0.29, 0.717) is 18.1 Å². The predicted octanol–water partition coefficient (Wildman–Crippen LogP) is 3.96. The highest BCUT2D eigenvalue weighted by atomic mass is 16.7. The van der Waals surface area contributed by atoms with Crippen LogP contribution in [-0.2, 0) is 14.2 Å². The molecule has 0 N–H and O–H groups in total. The Morgan fingerprint density at radius 3 is 2.38 bits per heavy atom. The third-order valence-corrected chi connectivity index (χ3v) is 6.16. The van der Waals surface area contributed by atoms with Crippen LogP contribution in [0.3, 0.4) is 0 Å². The quantitative estimate of drug-likeness (QED) is 0.817. The molecule has 1 aliphatic carbocycles. The molecule has 1 aromatic carbocycles. The molecular weight excluding hydrogens is 326 g/mol. The van der Waals surface area contributed by atoms with Gasteiger partial charge in [-0.15, -0.1) is 0 Å². The third kappa shape index (κ3) is 4.30. The molecule has 0 radical (unpaired) electrons. The standard InChI is InChI=1S/C22H33NO3/c1-17-14-23(15-18(2)25-17)16-21-10-13-24-22(26-21)11-8-20(9-12-22)19-6-4-3-5-7-19/h3-7,17-18,20-21H,8-16H2,1-2H3. The van der Waals surface area contributed by atoms with E-state index in [1.807, 2.05) is 0 Å². The Morgan fingerprint density at radius 2 is 1.69 bits per heavy atom. The fourth-order valence-corrected chi connectivity index (χ4v) is 5.00. The molecule has 0 amide bonds. The first kappa shape index (κ1) is 18.4. The van der Waals surface area contributed by atoms with Crippen LogP contribution in [0.1, 0.15) is 57.4 Å². The van der Waals surface area contributed by atoms with Crippen molar-refractivity contribution in [3.8, 4) is 0 Å². The average molecular weight is 360 g/mol. The van der Waals surface area contributed by atoms with Crippen LogP contribution in [0.5, 0.6) is 0 Å². The Kier molecular flexibility index (Phi) is 5.65. The van der Waals surface area contributed by atoms with Crippen LogP contribution < -0.4 is 0 Å². The zero-order valence-electron chi connectivity index (χ0n) is 16.2. The van der Waals surface area contributed by atoms with Crippen LogP contribution >= 0.6 is 0 Å². The lowest BCUT2D eigenvalue weighted by Gasteiger charge is -2.46. The zero-order valence-corrected chi connectivity index (χ0v) is 16.2. The monoisotopic (exact) mass is 359 g/mol. The first-order valence-corrected chi connectivity index (χ1v) is 10.4. The first-order valence-electron chi connectivity index (χ1n) is 10.4. The predicted molar refractivity (Wildman–Crippen MR) is 102 cm³/mol. The molecule has 3 atom stereocenters. The maximum absolute atomic E-state index is 6.57. The van der Waals surface area contributed by atoms with Gasteiger partial charge in [-0.2, -0.15) is 0 Å². The molecule has 2 saturated heterocycles. The van der Waals surface area contributed by atoms with Crippen LogP contribution in [0.2, 0.25) is 0 Å². The van der Waals surface area contributed by atoms with E-state index < -0.39 is 0 Å². The average Bonchev–Trinajstić information content (AvgIpc) is 2.62. The molecule has 0 bridgehead atoms. The van der Waals surface area contributed by atoms with Crippen molar-refractivity contribution in [3.63, 3.8) is 0 Å². The number of hydrogen-bond acceptors (Lipinski definition) is 4. The molecule has 3 aliphatic rings. The van der Waals surface area contributed by atoms with E-state index in [-0.39, 0.29) is 11.9 Å². The SMILES string of the molecule is CC1CN(CC2CCOC3(CCC(c4ccccc4)CC3)O2)CC(C)O1. The Labute approximate surface area is 157 Å². The van der Waals surface area contributed by atoms with Crippen LogP contribution in [-0.4, -0.2) is 55.2 Å². The summed E-state index contributed by atoms with van der Waals surface area (Å²) >= 11 is 0. The summed E-state index contributed by atoms with van der Waals surface area (Å²) in [6.45, 7) is 8.18. The van der Waals surface area contributed by atoms with Gasteiger partial charge in [0.15, 0.2) is 5.79 Å². The van der Waals surface area contributed by atoms with E-state index >= 15 is 0 Å². The van der Waals surface area contributed by atoms with E-state index in [2.05, 4.69) is 49.1 Å². The summed E-state index contributed by atoms with van der Waals surface area (Å²) in [6.07, 6.45) is 6.25. The fourth-order valence-electron chi connectivity index (χ4n) is 5.00. The summed E-state index contributed by atoms with van der Waals surface area (Å²) in [5, 5.41) is 0. The van der Waals surface area contributed by atoms with Crippen molar-refractivity contribution in [2.45, 2.75) is 76.0 Å². The molecule has 144 valence electrons. The summed E-state index contributed by atoms with van der Waals surface area (Å²) in [4.78, 5) is 2.51. The molecule has 1 aromatic rings. The minimum Gasteiger partial charge on any atom is -0.373 e. The molecule has 4 rings (SSSR count).